The SMILES string of the molecule is CN1CC(NS(=O)(=O)c2c(N)ncn2C)CCC1=O. The molecule has 1 fully saturated rings. The van der Waals surface area contributed by atoms with E-state index in [1.54, 1.807) is 14.1 Å². The minimum atomic E-state index is -3.73. The third-order valence-corrected chi connectivity index (χ3v) is 4.76. The summed E-state index contributed by atoms with van der Waals surface area (Å²) in [5.74, 6) is -0.00858. The van der Waals surface area contributed by atoms with Crippen molar-refractivity contribution in [2.75, 3.05) is 19.3 Å². The zero-order valence-corrected chi connectivity index (χ0v) is 11.6. The monoisotopic (exact) mass is 287 g/mol. The number of anilines is 1. The van der Waals surface area contributed by atoms with E-state index in [4.69, 9.17) is 5.73 Å². The number of likely N-dealkylation sites (N-methyl/N-ethyl adjacent to an activating group) is 1. The number of rotatable bonds is 3. The molecule has 1 aliphatic rings. The molecule has 1 amide bonds. The van der Waals surface area contributed by atoms with Crippen molar-refractivity contribution in [2.24, 2.45) is 7.05 Å². The van der Waals surface area contributed by atoms with Crippen molar-refractivity contribution in [3.05, 3.63) is 6.33 Å². The van der Waals surface area contributed by atoms with E-state index < -0.39 is 10.0 Å². The zero-order chi connectivity index (χ0) is 14.2. The molecule has 2 rings (SSSR count). The molecular formula is C10H17N5O3S. The lowest BCUT2D eigenvalue weighted by Crippen LogP contribution is -2.48. The Morgan fingerprint density at radius 3 is 2.68 bits per heavy atom. The lowest BCUT2D eigenvalue weighted by atomic mass is 10.1. The number of nitrogens with one attached hydrogen (secondary N) is 1. The molecule has 0 radical (unpaired) electrons. The minimum absolute atomic E-state index is 0.0236. The highest BCUT2D eigenvalue weighted by atomic mass is 32.2. The number of nitrogen functional groups attached to an aromatic ring is 1. The number of likely N-dealkylation sites (tertiary alicyclic amines) is 1. The van der Waals surface area contributed by atoms with Gasteiger partial charge in [-0.1, -0.05) is 0 Å². The number of imidazole rings is 1. The number of hydrogen-bond acceptors (Lipinski definition) is 5. The maximum atomic E-state index is 12.2. The number of nitrogens with zero attached hydrogens (tertiary/aromatic N) is 3. The van der Waals surface area contributed by atoms with Crippen LogP contribution in [0.4, 0.5) is 5.82 Å². The molecule has 0 aliphatic carbocycles. The summed E-state index contributed by atoms with van der Waals surface area (Å²) in [6.45, 7) is 0.357. The van der Waals surface area contributed by atoms with Crippen LogP contribution in [-0.4, -0.2) is 48.4 Å². The van der Waals surface area contributed by atoms with Gasteiger partial charge in [-0.15, -0.1) is 0 Å². The first kappa shape index (κ1) is 13.8. The summed E-state index contributed by atoms with van der Waals surface area (Å²) in [4.78, 5) is 16.6. The number of nitrogens with two attached hydrogens (primary N) is 1. The van der Waals surface area contributed by atoms with Crippen LogP contribution >= 0.6 is 0 Å². The summed E-state index contributed by atoms with van der Waals surface area (Å²) in [6, 6.07) is -0.304. The average molecular weight is 287 g/mol. The molecule has 0 saturated carbocycles. The van der Waals surface area contributed by atoms with Crippen LogP contribution in [0.2, 0.25) is 0 Å². The summed E-state index contributed by atoms with van der Waals surface area (Å²) in [6.07, 6.45) is 2.17. The van der Waals surface area contributed by atoms with Crippen molar-refractivity contribution < 1.29 is 13.2 Å². The first-order valence-electron chi connectivity index (χ1n) is 5.84. The number of piperidine rings is 1. The maximum Gasteiger partial charge on any atom is 0.260 e. The summed E-state index contributed by atoms with van der Waals surface area (Å²) in [5, 5.41) is -0.0490. The number of sulfonamides is 1. The topological polar surface area (TPSA) is 110 Å². The Hall–Kier alpha value is -1.61. The third-order valence-electron chi connectivity index (χ3n) is 3.11. The van der Waals surface area contributed by atoms with Crippen LogP contribution in [0.15, 0.2) is 11.4 Å². The molecule has 1 saturated heterocycles. The lowest BCUT2D eigenvalue weighted by Gasteiger charge is -2.29. The first-order valence-corrected chi connectivity index (χ1v) is 7.32. The van der Waals surface area contributed by atoms with Gasteiger partial charge in [0.15, 0.2) is 10.8 Å². The fraction of sp³-hybridized carbons (Fsp3) is 0.600. The highest BCUT2D eigenvalue weighted by Crippen LogP contribution is 2.18. The molecular weight excluding hydrogens is 270 g/mol. The molecule has 0 aromatic carbocycles. The molecule has 1 aromatic rings. The maximum absolute atomic E-state index is 12.2. The molecule has 0 bridgehead atoms. The summed E-state index contributed by atoms with van der Waals surface area (Å²) in [7, 11) is -0.513. The fourth-order valence-corrected chi connectivity index (χ4v) is 3.65. The number of carbonyl (C=O) groups is 1. The molecule has 9 heteroatoms. The van der Waals surface area contributed by atoms with Crippen molar-refractivity contribution in [3.63, 3.8) is 0 Å². The van der Waals surface area contributed by atoms with Crippen LogP contribution in [0.5, 0.6) is 0 Å². The smallest absolute Gasteiger partial charge is 0.260 e. The van der Waals surface area contributed by atoms with E-state index in [2.05, 4.69) is 9.71 Å². The van der Waals surface area contributed by atoms with Gasteiger partial charge in [-0.05, 0) is 6.42 Å². The van der Waals surface area contributed by atoms with E-state index >= 15 is 0 Å². The number of amides is 1. The summed E-state index contributed by atoms with van der Waals surface area (Å²) >= 11 is 0. The van der Waals surface area contributed by atoms with Crippen LogP contribution in [0, 0.1) is 0 Å². The Morgan fingerprint density at radius 2 is 2.16 bits per heavy atom. The molecule has 1 unspecified atom stereocenters. The number of carbonyl (C=O) groups excluding carboxylic acids is 1. The Bertz CT molecular complexity index is 575. The largest absolute Gasteiger partial charge is 0.381 e. The summed E-state index contributed by atoms with van der Waals surface area (Å²) < 4.78 is 28.4. The van der Waals surface area contributed by atoms with Crippen LogP contribution in [0.1, 0.15) is 12.8 Å². The van der Waals surface area contributed by atoms with E-state index in [9.17, 15) is 13.2 Å². The molecule has 0 spiro atoms. The van der Waals surface area contributed by atoms with Gasteiger partial charge in [0.2, 0.25) is 5.91 Å². The molecule has 1 aromatic heterocycles. The van der Waals surface area contributed by atoms with E-state index in [0.29, 0.717) is 19.4 Å². The van der Waals surface area contributed by atoms with Crippen LogP contribution in [0.3, 0.4) is 0 Å². The molecule has 8 nitrogen and oxygen atoms in total. The van der Waals surface area contributed by atoms with Gasteiger partial charge < -0.3 is 15.2 Å². The molecule has 1 aliphatic heterocycles. The van der Waals surface area contributed by atoms with Gasteiger partial charge >= 0.3 is 0 Å². The molecule has 19 heavy (non-hydrogen) atoms. The van der Waals surface area contributed by atoms with Crippen molar-refractivity contribution in [2.45, 2.75) is 23.9 Å². The highest BCUT2D eigenvalue weighted by Gasteiger charge is 2.29. The van der Waals surface area contributed by atoms with E-state index in [1.165, 1.54) is 15.8 Å². The average Bonchev–Trinajstić information content (AvgIpc) is 2.64. The van der Waals surface area contributed by atoms with Crippen LogP contribution in [-0.2, 0) is 21.9 Å². The van der Waals surface area contributed by atoms with Gasteiger partial charge in [-0.25, -0.2) is 18.1 Å². The zero-order valence-electron chi connectivity index (χ0n) is 10.8. The minimum Gasteiger partial charge on any atom is -0.381 e. The van der Waals surface area contributed by atoms with E-state index in [0.717, 1.165) is 0 Å². The normalized spacial score (nSPS) is 20.8. The standard InChI is InChI=1S/C10H17N5O3S/c1-14-5-7(3-4-8(14)16)13-19(17,18)10-9(11)12-6-15(10)2/h6-7,13H,3-5,11H2,1-2H3. The molecule has 1 atom stereocenters. The number of hydrogen-bond donors (Lipinski definition) is 2. The van der Waals surface area contributed by atoms with Gasteiger partial charge in [0.1, 0.15) is 0 Å². The van der Waals surface area contributed by atoms with Crippen molar-refractivity contribution in [3.8, 4) is 0 Å². The Balaban J connectivity index is 2.17. The van der Waals surface area contributed by atoms with Gasteiger partial charge in [0, 0.05) is 33.1 Å². The molecule has 3 N–H and O–H groups in total. The predicted octanol–water partition coefficient (Wildman–Crippen LogP) is -1.10. The van der Waals surface area contributed by atoms with Crippen molar-refractivity contribution >= 4 is 21.7 Å². The summed E-state index contributed by atoms with van der Waals surface area (Å²) in [5.41, 5.74) is 5.57. The van der Waals surface area contributed by atoms with Crippen LogP contribution in [0.25, 0.3) is 0 Å². The Labute approximate surface area is 111 Å². The molecule has 106 valence electrons. The second-order valence-electron chi connectivity index (χ2n) is 4.68. The van der Waals surface area contributed by atoms with Crippen molar-refractivity contribution in [1.82, 2.24) is 19.2 Å². The second kappa shape index (κ2) is 4.82. The van der Waals surface area contributed by atoms with Gasteiger partial charge in [-0.3, -0.25) is 4.79 Å². The highest BCUT2D eigenvalue weighted by molar-refractivity contribution is 7.89. The first-order chi connectivity index (χ1) is 8.81. The molecule has 2 heterocycles. The Kier molecular flexibility index (Phi) is 3.50. The Morgan fingerprint density at radius 1 is 1.47 bits per heavy atom. The van der Waals surface area contributed by atoms with Crippen LogP contribution < -0.4 is 10.5 Å². The van der Waals surface area contributed by atoms with Gasteiger partial charge in [-0.2, -0.15) is 0 Å². The van der Waals surface area contributed by atoms with Crippen molar-refractivity contribution in [1.29, 1.82) is 0 Å². The van der Waals surface area contributed by atoms with Gasteiger partial charge in [0.05, 0.1) is 6.33 Å². The third kappa shape index (κ3) is 2.71. The predicted molar refractivity (Wildman–Crippen MR) is 68.6 cm³/mol. The van der Waals surface area contributed by atoms with E-state index in [-0.39, 0.29) is 22.8 Å². The second-order valence-corrected chi connectivity index (χ2v) is 6.31. The fourth-order valence-electron chi connectivity index (χ4n) is 2.15. The lowest BCUT2D eigenvalue weighted by molar-refractivity contribution is -0.132. The van der Waals surface area contributed by atoms with Gasteiger partial charge in [0.25, 0.3) is 10.0 Å². The van der Waals surface area contributed by atoms with E-state index in [1.807, 2.05) is 0 Å². The number of aromatic nitrogens is 2. The quantitative estimate of drug-likeness (QED) is 0.733. The number of aryl methyl sites for hydroxylation is 1.